The van der Waals surface area contributed by atoms with Gasteiger partial charge in [-0.2, -0.15) is 13.2 Å². The average Bonchev–Trinajstić information content (AvgIpc) is 2.38. The van der Waals surface area contributed by atoms with E-state index in [1.165, 1.54) is 30.7 Å². The number of hydrogen-bond acceptors (Lipinski definition) is 3. The molecule has 2 rings (SSSR count). The monoisotopic (exact) mass is 254 g/mol. The molecule has 0 fully saturated rings. The lowest BCUT2D eigenvalue weighted by molar-refractivity contribution is -0.137. The minimum atomic E-state index is -4.38. The van der Waals surface area contributed by atoms with Crippen LogP contribution in [0.5, 0.6) is 0 Å². The smallest absolute Gasteiger partial charge is 0.382 e. The van der Waals surface area contributed by atoms with E-state index in [9.17, 15) is 18.3 Å². The molecule has 6 heteroatoms. The number of alkyl halides is 3. The summed E-state index contributed by atoms with van der Waals surface area (Å²) in [6.45, 7) is 0. The van der Waals surface area contributed by atoms with E-state index in [0.29, 0.717) is 11.3 Å². The van der Waals surface area contributed by atoms with Crippen molar-refractivity contribution in [3.8, 4) is 0 Å². The first-order valence-corrected chi connectivity index (χ1v) is 5.09. The number of aliphatic hydroxyl groups is 1. The van der Waals surface area contributed by atoms with Crippen molar-refractivity contribution in [3.63, 3.8) is 0 Å². The Kier molecular flexibility index (Phi) is 3.29. The fourth-order valence-corrected chi connectivity index (χ4v) is 1.49. The first-order chi connectivity index (χ1) is 8.48. The van der Waals surface area contributed by atoms with E-state index in [1.54, 1.807) is 0 Å². The molecule has 0 amide bonds. The second-order valence-electron chi connectivity index (χ2n) is 3.66. The third-order valence-electron chi connectivity index (χ3n) is 2.44. The molecule has 1 N–H and O–H groups in total. The highest BCUT2D eigenvalue weighted by Gasteiger charge is 2.30. The Morgan fingerprint density at radius 3 is 2.22 bits per heavy atom. The van der Waals surface area contributed by atoms with Gasteiger partial charge in [0.1, 0.15) is 12.4 Å². The van der Waals surface area contributed by atoms with Gasteiger partial charge in [0.15, 0.2) is 0 Å². The zero-order valence-electron chi connectivity index (χ0n) is 9.09. The van der Waals surface area contributed by atoms with Crippen molar-refractivity contribution in [1.82, 2.24) is 9.97 Å². The maximum atomic E-state index is 12.4. The summed E-state index contributed by atoms with van der Waals surface area (Å²) < 4.78 is 37.1. The largest absolute Gasteiger partial charge is 0.416 e. The molecule has 0 aliphatic heterocycles. The number of hydrogen-bond donors (Lipinski definition) is 1. The SMILES string of the molecule is OC(c1ccc(C(F)(F)F)cc1)c1ccncn1. The van der Waals surface area contributed by atoms with Gasteiger partial charge in [-0.15, -0.1) is 0 Å². The quantitative estimate of drug-likeness (QED) is 0.895. The Bertz CT molecular complexity index is 511. The molecule has 0 radical (unpaired) electrons. The van der Waals surface area contributed by atoms with Crippen molar-refractivity contribution < 1.29 is 18.3 Å². The minimum Gasteiger partial charge on any atom is -0.382 e. The van der Waals surface area contributed by atoms with E-state index in [1.807, 2.05) is 0 Å². The Morgan fingerprint density at radius 1 is 1.06 bits per heavy atom. The van der Waals surface area contributed by atoms with E-state index in [4.69, 9.17) is 0 Å². The van der Waals surface area contributed by atoms with Gasteiger partial charge in [0.25, 0.3) is 0 Å². The van der Waals surface area contributed by atoms with Crippen LogP contribution in [-0.2, 0) is 6.18 Å². The number of nitrogens with zero attached hydrogens (tertiary/aromatic N) is 2. The molecular weight excluding hydrogens is 245 g/mol. The lowest BCUT2D eigenvalue weighted by Gasteiger charge is -2.11. The fraction of sp³-hybridized carbons (Fsp3) is 0.167. The molecule has 0 saturated carbocycles. The summed E-state index contributed by atoms with van der Waals surface area (Å²) in [5, 5.41) is 9.91. The Balaban J connectivity index is 2.25. The van der Waals surface area contributed by atoms with Crippen molar-refractivity contribution >= 4 is 0 Å². The average molecular weight is 254 g/mol. The Hall–Kier alpha value is -1.95. The van der Waals surface area contributed by atoms with Gasteiger partial charge < -0.3 is 5.11 Å². The molecule has 18 heavy (non-hydrogen) atoms. The predicted molar refractivity (Wildman–Crippen MR) is 57.5 cm³/mol. The third-order valence-corrected chi connectivity index (χ3v) is 2.44. The number of rotatable bonds is 2. The van der Waals surface area contributed by atoms with Crippen LogP contribution in [0, 0.1) is 0 Å². The van der Waals surface area contributed by atoms with Crippen LogP contribution in [0.15, 0.2) is 42.9 Å². The van der Waals surface area contributed by atoms with Gasteiger partial charge in [-0.3, -0.25) is 0 Å². The Labute approximate surface area is 101 Å². The highest BCUT2D eigenvalue weighted by atomic mass is 19.4. The zero-order valence-corrected chi connectivity index (χ0v) is 9.09. The molecule has 0 aliphatic carbocycles. The van der Waals surface area contributed by atoms with Gasteiger partial charge in [0.05, 0.1) is 11.3 Å². The zero-order chi connectivity index (χ0) is 13.2. The van der Waals surface area contributed by atoms with Crippen LogP contribution < -0.4 is 0 Å². The van der Waals surface area contributed by atoms with Crippen molar-refractivity contribution in [2.75, 3.05) is 0 Å². The molecule has 0 bridgehead atoms. The van der Waals surface area contributed by atoms with Crippen molar-refractivity contribution in [2.45, 2.75) is 12.3 Å². The third kappa shape index (κ3) is 2.65. The number of aromatic nitrogens is 2. The van der Waals surface area contributed by atoms with E-state index in [0.717, 1.165) is 12.1 Å². The summed E-state index contributed by atoms with van der Waals surface area (Å²) in [4.78, 5) is 7.54. The lowest BCUT2D eigenvalue weighted by atomic mass is 10.0. The second-order valence-corrected chi connectivity index (χ2v) is 3.66. The molecule has 94 valence electrons. The summed E-state index contributed by atoms with van der Waals surface area (Å²) in [5.74, 6) is 0. The van der Waals surface area contributed by atoms with Crippen LogP contribution in [0.2, 0.25) is 0 Å². The number of aliphatic hydroxyl groups excluding tert-OH is 1. The first kappa shape index (κ1) is 12.5. The molecule has 1 unspecified atom stereocenters. The van der Waals surface area contributed by atoms with Crippen LogP contribution in [0.1, 0.15) is 22.9 Å². The Morgan fingerprint density at radius 2 is 1.72 bits per heavy atom. The van der Waals surface area contributed by atoms with Gasteiger partial charge in [-0.05, 0) is 23.8 Å². The maximum absolute atomic E-state index is 12.4. The molecule has 1 aromatic heterocycles. The van der Waals surface area contributed by atoms with Crippen molar-refractivity contribution in [2.24, 2.45) is 0 Å². The van der Waals surface area contributed by atoms with Crippen LogP contribution in [0.4, 0.5) is 13.2 Å². The summed E-state index contributed by atoms with van der Waals surface area (Å²) >= 11 is 0. The molecule has 0 spiro atoms. The van der Waals surface area contributed by atoms with E-state index in [2.05, 4.69) is 9.97 Å². The topological polar surface area (TPSA) is 46.0 Å². The summed E-state index contributed by atoms with van der Waals surface area (Å²) in [6, 6.07) is 5.83. The van der Waals surface area contributed by atoms with Crippen LogP contribution in [0.3, 0.4) is 0 Å². The molecule has 1 atom stereocenters. The second kappa shape index (κ2) is 4.73. The summed E-state index contributed by atoms with van der Waals surface area (Å²) in [7, 11) is 0. The van der Waals surface area contributed by atoms with Gasteiger partial charge >= 0.3 is 6.18 Å². The normalized spacial score (nSPS) is 13.3. The van der Waals surface area contributed by atoms with Crippen molar-refractivity contribution in [1.29, 1.82) is 0 Å². The molecular formula is C12H9F3N2O. The van der Waals surface area contributed by atoms with E-state index >= 15 is 0 Å². The predicted octanol–water partition coefficient (Wildman–Crippen LogP) is 2.58. The number of benzene rings is 1. The van der Waals surface area contributed by atoms with Gasteiger partial charge in [0.2, 0.25) is 0 Å². The van der Waals surface area contributed by atoms with Gasteiger partial charge in [-0.25, -0.2) is 9.97 Å². The highest BCUT2D eigenvalue weighted by molar-refractivity contribution is 5.29. The van der Waals surface area contributed by atoms with Crippen LogP contribution >= 0.6 is 0 Å². The lowest BCUT2D eigenvalue weighted by Crippen LogP contribution is -2.06. The molecule has 1 heterocycles. The molecule has 0 aliphatic rings. The highest BCUT2D eigenvalue weighted by Crippen LogP contribution is 2.30. The standard InChI is InChI=1S/C12H9F3N2O/c13-12(14,15)9-3-1-8(2-4-9)11(18)10-5-6-16-7-17-10/h1-7,11,18H. The fourth-order valence-electron chi connectivity index (χ4n) is 1.49. The minimum absolute atomic E-state index is 0.338. The molecule has 0 saturated heterocycles. The molecule has 1 aromatic carbocycles. The van der Waals surface area contributed by atoms with Crippen LogP contribution in [0.25, 0.3) is 0 Å². The van der Waals surface area contributed by atoms with Crippen LogP contribution in [-0.4, -0.2) is 15.1 Å². The van der Waals surface area contributed by atoms with E-state index < -0.39 is 17.8 Å². The molecule has 3 nitrogen and oxygen atoms in total. The van der Waals surface area contributed by atoms with E-state index in [-0.39, 0.29) is 0 Å². The molecule has 2 aromatic rings. The maximum Gasteiger partial charge on any atom is 0.416 e. The number of halogens is 3. The van der Waals surface area contributed by atoms with Gasteiger partial charge in [-0.1, -0.05) is 12.1 Å². The first-order valence-electron chi connectivity index (χ1n) is 5.09. The van der Waals surface area contributed by atoms with Crippen molar-refractivity contribution in [3.05, 3.63) is 59.7 Å². The summed E-state index contributed by atoms with van der Waals surface area (Å²) in [5.41, 5.74) is -0.0624. The summed E-state index contributed by atoms with van der Waals surface area (Å²) in [6.07, 6.45) is -2.72. The van der Waals surface area contributed by atoms with Gasteiger partial charge in [0, 0.05) is 6.20 Å².